The van der Waals surface area contributed by atoms with E-state index in [0.717, 1.165) is 0 Å². The first kappa shape index (κ1) is 11.8. The number of fused-ring (bicyclic) bond motifs is 1. The molecular weight excluding hydrogens is 242 g/mol. The van der Waals surface area contributed by atoms with E-state index in [0.29, 0.717) is 23.2 Å². The Kier molecular flexibility index (Phi) is 2.98. The first-order valence-electron chi connectivity index (χ1n) is 5.23. The molecule has 0 fully saturated rings. The van der Waals surface area contributed by atoms with Gasteiger partial charge in [0.2, 0.25) is 0 Å². The Hall–Kier alpha value is -1.68. The van der Waals surface area contributed by atoms with E-state index in [9.17, 15) is 9.90 Å². The summed E-state index contributed by atoms with van der Waals surface area (Å²) in [7, 11) is 0. The zero-order chi connectivity index (χ0) is 12.6. The molecule has 1 aromatic heterocycles. The van der Waals surface area contributed by atoms with Gasteiger partial charge in [-0.1, -0.05) is 11.6 Å². The van der Waals surface area contributed by atoms with E-state index in [1.807, 2.05) is 0 Å². The van der Waals surface area contributed by atoms with E-state index in [2.05, 4.69) is 0 Å². The Labute approximate surface area is 103 Å². The number of phenols is 1. The number of nitrogens with zero attached hydrogens (tertiary/aromatic N) is 1. The average Bonchev–Trinajstić information content (AvgIpc) is 2.61. The SMILES string of the molecule is CCOC(=O)n1c(C)cc2c(Cl)c(O)ccc21. The number of aromatic nitrogens is 1. The van der Waals surface area contributed by atoms with Gasteiger partial charge >= 0.3 is 6.09 Å². The summed E-state index contributed by atoms with van der Waals surface area (Å²) in [5.41, 5.74) is 1.34. The molecule has 0 atom stereocenters. The first-order chi connectivity index (χ1) is 8.06. The number of hydrogen-bond acceptors (Lipinski definition) is 3. The molecule has 0 saturated carbocycles. The Balaban J connectivity index is 2.69. The molecule has 0 aliphatic rings. The topological polar surface area (TPSA) is 51.5 Å². The molecule has 0 bridgehead atoms. The third-order valence-corrected chi connectivity index (χ3v) is 2.93. The molecule has 0 amide bonds. The maximum Gasteiger partial charge on any atom is 0.418 e. The van der Waals surface area contributed by atoms with Crippen molar-refractivity contribution < 1.29 is 14.6 Å². The molecule has 1 N–H and O–H groups in total. The lowest BCUT2D eigenvalue weighted by atomic mass is 10.2. The van der Waals surface area contributed by atoms with Crippen LogP contribution >= 0.6 is 11.6 Å². The van der Waals surface area contributed by atoms with Gasteiger partial charge in [-0.2, -0.15) is 0 Å². The molecule has 1 heterocycles. The fourth-order valence-corrected chi connectivity index (χ4v) is 2.01. The summed E-state index contributed by atoms with van der Waals surface area (Å²) in [4.78, 5) is 11.8. The van der Waals surface area contributed by atoms with Crippen molar-refractivity contribution in [2.24, 2.45) is 0 Å². The van der Waals surface area contributed by atoms with Gasteiger partial charge in [0.25, 0.3) is 0 Å². The van der Waals surface area contributed by atoms with Crippen LogP contribution in [0.1, 0.15) is 12.6 Å². The smallest absolute Gasteiger partial charge is 0.418 e. The third-order valence-electron chi connectivity index (χ3n) is 2.53. The van der Waals surface area contributed by atoms with Gasteiger partial charge in [-0.15, -0.1) is 0 Å². The highest BCUT2D eigenvalue weighted by molar-refractivity contribution is 6.37. The van der Waals surface area contributed by atoms with E-state index in [1.165, 1.54) is 10.6 Å². The molecule has 4 nitrogen and oxygen atoms in total. The summed E-state index contributed by atoms with van der Waals surface area (Å²) in [5.74, 6) is 0.000163. The lowest BCUT2D eigenvalue weighted by Crippen LogP contribution is -2.14. The summed E-state index contributed by atoms with van der Waals surface area (Å²) in [6, 6.07) is 4.84. The second-order valence-corrected chi connectivity index (χ2v) is 4.03. The second-order valence-electron chi connectivity index (χ2n) is 3.65. The van der Waals surface area contributed by atoms with E-state index in [1.54, 1.807) is 26.0 Å². The number of rotatable bonds is 1. The van der Waals surface area contributed by atoms with E-state index >= 15 is 0 Å². The van der Waals surface area contributed by atoms with Gasteiger partial charge in [-0.3, -0.25) is 0 Å². The molecule has 5 heteroatoms. The fourth-order valence-electron chi connectivity index (χ4n) is 1.80. The van der Waals surface area contributed by atoms with Gasteiger partial charge in [0.1, 0.15) is 5.75 Å². The van der Waals surface area contributed by atoms with Gasteiger partial charge in [0, 0.05) is 11.1 Å². The van der Waals surface area contributed by atoms with Gasteiger partial charge in [0.05, 0.1) is 17.1 Å². The van der Waals surface area contributed by atoms with Crippen molar-refractivity contribution in [3.63, 3.8) is 0 Å². The van der Waals surface area contributed by atoms with Crippen LogP contribution in [0, 0.1) is 6.92 Å². The quantitative estimate of drug-likeness (QED) is 0.848. The molecule has 0 spiro atoms. The molecule has 0 unspecified atom stereocenters. The van der Waals surface area contributed by atoms with Crippen molar-refractivity contribution >= 4 is 28.6 Å². The van der Waals surface area contributed by atoms with Crippen LogP contribution in [0.15, 0.2) is 18.2 Å². The highest BCUT2D eigenvalue weighted by Crippen LogP contribution is 2.33. The highest BCUT2D eigenvalue weighted by Gasteiger charge is 2.16. The number of aryl methyl sites for hydroxylation is 1. The molecule has 2 rings (SSSR count). The minimum absolute atomic E-state index is 0.000163. The van der Waals surface area contributed by atoms with Crippen LogP contribution in [0.25, 0.3) is 10.9 Å². The summed E-state index contributed by atoms with van der Waals surface area (Å²) in [6.45, 7) is 3.84. The molecule has 0 aliphatic carbocycles. The van der Waals surface area contributed by atoms with Gasteiger partial charge < -0.3 is 9.84 Å². The van der Waals surface area contributed by atoms with Gasteiger partial charge in [-0.25, -0.2) is 9.36 Å². The molecule has 0 aliphatic heterocycles. The summed E-state index contributed by atoms with van der Waals surface area (Å²) in [6.07, 6.45) is -0.443. The molecule has 0 radical (unpaired) electrons. The predicted molar refractivity (Wildman–Crippen MR) is 65.8 cm³/mol. The predicted octanol–water partition coefficient (Wildman–Crippen LogP) is 3.31. The molecule has 17 heavy (non-hydrogen) atoms. The molecular formula is C12H12ClNO3. The van der Waals surface area contributed by atoms with Crippen LogP contribution in [0.4, 0.5) is 4.79 Å². The number of aromatic hydroxyl groups is 1. The van der Waals surface area contributed by atoms with Crippen molar-refractivity contribution in [2.75, 3.05) is 6.61 Å². The average molecular weight is 254 g/mol. The number of hydrogen-bond donors (Lipinski definition) is 1. The lowest BCUT2D eigenvalue weighted by molar-refractivity contribution is 0.154. The monoisotopic (exact) mass is 253 g/mol. The van der Waals surface area contributed by atoms with Crippen molar-refractivity contribution in [1.82, 2.24) is 4.57 Å². The molecule has 1 aromatic carbocycles. The Morgan fingerprint density at radius 3 is 2.88 bits per heavy atom. The van der Waals surface area contributed by atoms with Gasteiger partial charge in [-0.05, 0) is 32.0 Å². The van der Waals surface area contributed by atoms with Crippen LogP contribution in [0.2, 0.25) is 5.02 Å². The number of phenolic OH excluding ortho intramolecular Hbond substituents is 1. The largest absolute Gasteiger partial charge is 0.506 e. The van der Waals surface area contributed by atoms with E-state index < -0.39 is 6.09 Å². The van der Waals surface area contributed by atoms with Crippen molar-refractivity contribution in [3.8, 4) is 5.75 Å². The van der Waals surface area contributed by atoms with Gasteiger partial charge in [0.15, 0.2) is 0 Å². The van der Waals surface area contributed by atoms with Crippen molar-refractivity contribution in [2.45, 2.75) is 13.8 Å². The van der Waals surface area contributed by atoms with Crippen LogP contribution < -0.4 is 0 Å². The molecule has 0 saturated heterocycles. The Morgan fingerprint density at radius 1 is 1.53 bits per heavy atom. The number of carbonyl (C=O) groups excluding carboxylic acids is 1. The summed E-state index contributed by atoms with van der Waals surface area (Å²) >= 11 is 5.98. The zero-order valence-corrected chi connectivity index (χ0v) is 10.3. The van der Waals surface area contributed by atoms with Crippen molar-refractivity contribution in [1.29, 1.82) is 0 Å². The summed E-state index contributed by atoms with van der Waals surface area (Å²) in [5, 5.41) is 10.4. The second kappa shape index (κ2) is 4.30. The minimum Gasteiger partial charge on any atom is -0.506 e. The number of ether oxygens (including phenoxy) is 1. The van der Waals surface area contributed by atoms with Crippen molar-refractivity contribution in [3.05, 3.63) is 28.9 Å². The third kappa shape index (κ3) is 1.85. The lowest BCUT2D eigenvalue weighted by Gasteiger charge is -2.06. The minimum atomic E-state index is -0.443. The maximum atomic E-state index is 11.8. The van der Waals surface area contributed by atoms with Crippen LogP contribution in [-0.2, 0) is 4.74 Å². The van der Waals surface area contributed by atoms with Crippen LogP contribution in [0.3, 0.4) is 0 Å². The van der Waals surface area contributed by atoms with E-state index in [-0.39, 0.29) is 10.8 Å². The zero-order valence-electron chi connectivity index (χ0n) is 9.53. The first-order valence-corrected chi connectivity index (χ1v) is 5.60. The number of halogens is 1. The number of benzene rings is 1. The maximum absolute atomic E-state index is 11.8. The van der Waals surface area contributed by atoms with E-state index in [4.69, 9.17) is 16.3 Å². The normalized spacial score (nSPS) is 10.8. The summed E-state index contributed by atoms with van der Waals surface area (Å²) < 4.78 is 6.40. The van der Waals surface area contributed by atoms with Crippen LogP contribution in [0.5, 0.6) is 5.75 Å². The Morgan fingerprint density at radius 2 is 2.24 bits per heavy atom. The highest BCUT2D eigenvalue weighted by atomic mass is 35.5. The number of carbonyl (C=O) groups is 1. The fraction of sp³-hybridized carbons (Fsp3) is 0.250. The standard InChI is InChI=1S/C12H12ClNO3/c1-3-17-12(16)14-7(2)6-8-9(14)4-5-10(15)11(8)13/h4-6,15H,3H2,1-2H3. The van der Waals surface area contributed by atoms with Crippen LogP contribution in [-0.4, -0.2) is 22.4 Å². The molecule has 90 valence electrons. The Bertz CT molecular complexity index is 589. The molecule has 2 aromatic rings.